The molecule has 1 N–H and O–H groups in total. The fourth-order valence-electron chi connectivity index (χ4n) is 1.24. The van der Waals surface area contributed by atoms with Crippen LogP contribution in [-0.4, -0.2) is 16.7 Å². The van der Waals surface area contributed by atoms with Crippen LogP contribution in [0, 0.1) is 12.8 Å². The van der Waals surface area contributed by atoms with Gasteiger partial charge in [-0.05, 0) is 32.3 Å². The van der Waals surface area contributed by atoms with Crippen molar-refractivity contribution in [3.05, 3.63) is 21.7 Å². The number of aromatic nitrogens is 1. The van der Waals surface area contributed by atoms with Crippen LogP contribution in [0.2, 0.25) is 0 Å². The number of thiazole rings is 1. The van der Waals surface area contributed by atoms with E-state index in [-0.39, 0.29) is 6.61 Å². The highest BCUT2D eigenvalue weighted by Crippen LogP contribution is 2.18. The van der Waals surface area contributed by atoms with E-state index in [1.165, 1.54) is 5.57 Å². The largest absolute Gasteiger partial charge is 0.396 e. The summed E-state index contributed by atoms with van der Waals surface area (Å²) < 4.78 is 0. The summed E-state index contributed by atoms with van der Waals surface area (Å²) in [4.78, 5) is 4.37. The molecular formula is C11H17NOS. The molecule has 0 aliphatic rings. The van der Waals surface area contributed by atoms with Gasteiger partial charge in [0.1, 0.15) is 0 Å². The second-order valence-electron chi connectivity index (χ2n) is 3.59. The molecule has 2 nitrogen and oxygen atoms in total. The predicted octanol–water partition coefficient (Wildman–Crippen LogP) is 2.87. The molecule has 0 bridgehead atoms. The third-order valence-corrected chi connectivity index (χ3v) is 3.14. The Labute approximate surface area is 89.3 Å². The summed E-state index contributed by atoms with van der Waals surface area (Å²) in [6, 6.07) is 0. The molecule has 0 fully saturated rings. The van der Waals surface area contributed by atoms with Crippen molar-refractivity contribution in [2.75, 3.05) is 6.61 Å². The van der Waals surface area contributed by atoms with E-state index in [2.05, 4.69) is 30.3 Å². The normalized spacial score (nSPS) is 14.4. The first kappa shape index (κ1) is 11.4. The lowest BCUT2D eigenvalue weighted by Gasteiger charge is -2.09. The van der Waals surface area contributed by atoms with E-state index in [1.807, 2.05) is 6.92 Å². The Bertz CT molecular complexity index is 317. The topological polar surface area (TPSA) is 33.1 Å². The molecule has 0 aliphatic heterocycles. The van der Waals surface area contributed by atoms with Crippen LogP contribution in [0.1, 0.15) is 31.0 Å². The van der Waals surface area contributed by atoms with Crippen LogP contribution in [0.5, 0.6) is 0 Å². The molecule has 0 unspecified atom stereocenters. The minimum Gasteiger partial charge on any atom is -0.396 e. The second-order valence-corrected chi connectivity index (χ2v) is 4.66. The van der Waals surface area contributed by atoms with Crippen molar-refractivity contribution in [2.45, 2.75) is 27.2 Å². The molecule has 0 amide bonds. The van der Waals surface area contributed by atoms with Crippen LogP contribution in [0.25, 0.3) is 6.08 Å². The molecule has 1 aromatic heterocycles. The van der Waals surface area contributed by atoms with E-state index in [9.17, 15) is 0 Å². The lowest BCUT2D eigenvalue weighted by Crippen LogP contribution is -1.99. The molecule has 3 heteroatoms. The maximum Gasteiger partial charge on any atom is 0.0901 e. The quantitative estimate of drug-likeness (QED) is 0.830. The number of allylic oxidation sites excluding steroid dienone is 1. The first-order valence-corrected chi connectivity index (χ1v) is 5.72. The van der Waals surface area contributed by atoms with E-state index < -0.39 is 0 Å². The zero-order valence-corrected chi connectivity index (χ0v) is 9.77. The number of rotatable bonds is 4. The maximum absolute atomic E-state index is 8.81. The van der Waals surface area contributed by atoms with Crippen LogP contribution in [-0.2, 0) is 0 Å². The highest BCUT2D eigenvalue weighted by molar-refractivity contribution is 7.09. The van der Waals surface area contributed by atoms with Crippen LogP contribution in [0.4, 0.5) is 0 Å². The van der Waals surface area contributed by atoms with Crippen molar-refractivity contribution in [2.24, 2.45) is 5.92 Å². The van der Waals surface area contributed by atoms with Gasteiger partial charge in [0, 0.05) is 12.0 Å². The van der Waals surface area contributed by atoms with E-state index >= 15 is 0 Å². The van der Waals surface area contributed by atoms with Gasteiger partial charge in [-0.15, -0.1) is 11.3 Å². The van der Waals surface area contributed by atoms with Crippen molar-refractivity contribution in [3.8, 4) is 0 Å². The number of hydrogen-bond donors (Lipinski definition) is 1. The Hall–Kier alpha value is -0.670. The van der Waals surface area contributed by atoms with Gasteiger partial charge in [-0.2, -0.15) is 0 Å². The van der Waals surface area contributed by atoms with E-state index in [1.54, 1.807) is 11.3 Å². The smallest absolute Gasteiger partial charge is 0.0901 e. The molecule has 78 valence electrons. The fourth-order valence-corrected chi connectivity index (χ4v) is 1.81. The summed E-state index contributed by atoms with van der Waals surface area (Å²) in [5, 5.41) is 12.0. The highest BCUT2D eigenvalue weighted by Gasteiger charge is 2.04. The molecule has 14 heavy (non-hydrogen) atoms. The molecule has 0 radical (unpaired) electrons. The summed E-state index contributed by atoms with van der Waals surface area (Å²) in [5.74, 6) is 0.432. The molecule has 0 saturated heterocycles. The van der Waals surface area contributed by atoms with Gasteiger partial charge in [-0.25, -0.2) is 4.98 Å². The predicted molar refractivity (Wildman–Crippen MR) is 61.4 cm³/mol. The summed E-state index contributed by atoms with van der Waals surface area (Å²) in [6.07, 6.45) is 2.93. The summed E-state index contributed by atoms with van der Waals surface area (Å²) >= 11 is 1.67. The molecule has 0 aliphatic carbocycles. The van der Waals surface area contributed by atoms with Gasteiger partial charge < -0.3 is 5.11 Å². The molecule has 0 saturated carbocycles. The number of aliphatic hydroxyl groups excluding tert-OH is 1. The summed E-state index contributed by atoms with van der Waals surface area (Å²) in [5.41, 5.74) is 2.32. The minimum absolute atomic E-state index is 0.252. The van der Waals surface area contributed by atoms with E-state index in [0.29, 0.717) is 5.92 Å². The van der Waals surface area contributed by atoms with E-state index in [4.69, 9.17) is 5.11 Å². The van der Waals surface area contributed by atoms with Crippen LogP contribution in [0.15, 0.2) is 11.0 Å². The van der Waals surface area contributed by atoms with Gasteiger partial charge in [0.15, 0.2) is 0 Å². The van der Waals surface area contributed by atoms with Gasteiger partial charge in [-0.1, -0.05) is 12.5 Å². The SMILES string of the molecule is C/C(=C\c1csc(C)n1)[C@@H](C)CCO. The molecule has 1 aromatic rings. The number of aryl methyl sites for hydroxylation is 1. The van der Waals surface area contributed by atoms with Crippen LogP contribution in [0.3, 0.4) is 0 Å². The van der Waals surface area contributed by atoms with Crippen LogP contribution < -0.4 is 0 Å². The lowest BCUT2D eigenvalue weighted by molar-refractivity contribution is 0.271. The molecule has 1 rings (SSSR count). The monoisotopic (exact) mass is 211 g/mol. The lowest BCUT2D eigenvalue weighted by atomic mass is 9.99. The second kappa shape index (κ2) is 5.27. The molecule has 1 heterocycles. The average Bonchev–Trinajstić information content (AvgIpc) is 2.51. The molecule has 1 atom stereocenters. The van der Waals surface area contributed by atoms with Gasteiger partial charge in [0.2, 0.25) is 0 Å². The van der Waals surface area contributed by atoms with Crippen LogP contribution >= 0.6 is 11.3 Å². The van der Waals surface area contributed by atoms with Crippen molar-refractivity contribution in [1.82, 2.24) is 4.98 Å². The van der Waals surface area contributed by atoms with Crippen molar-refractivity contribution >= 4 is 17.4 Å². The number of hydrogen-bond acceptors (Lipinski definition) is 3. The molecule has 0 spiro atoms. The van der Waals surface area contributed by atoms with Gasteiger partial charge in [0.05, 0.1) is 10.7 Å². The minimum atomic E-state index is 0.252. The average molecular weight is 211 g/mol. The van der Waals surface area contributed by atoms with Crippen molar-refractivity contribution < 1.29 is 5.11 Å². The van der Waals surface area contributed by atoms with Gasteiger partial charge in [0.25, 0.3) is 0 Å². The third-order valence-electron chi connectivity index (χ3n) is 2.35. The number of nitrogens with zero attached hydrogens (tertiary/aromatic N) is 1. The zero-order valence-electron chi connectivity index (χ0n) is 8.95. The summed E-state index contributed by atoms with van der Waals surface area (Å²) in [6.45, 7) is 6.48. The van der Waals surface area contributed by atoms with Crippen molar-refractivity contribution in [1.29, 1.82) is 0 Å². The van der Waals surface area contributed by atoms with Gasteiger partial charge in [-0.3, -0.25) is 0 Å². The molecule has 0 aromatic carbocycles. The Balaban J connectivity index is 2.67. The number of aliphatic hydroxyl groups is 1. The third kappa shape index (κ3) is 3.24. The first-order valence-electron chi connectivity index (χ1n) is 4.84. The van der Waals surface area contributed by atoms with Crippen molar-refractivity contribution in [3.63, 3.8) is 0 Å². The van der Waals surface area contributed by atoms with E-state index in [0.717, 1.165) is 17.1 Å². The first-order chi connectivity index (χ1) is 6.63. The highest BCUT2D eigenvalue weighted by atomic mass is 32.1. The Morgan fingerprint density at radius 1 is 1.71 bits per heavy atom. The Kier molecular flexibility index (Phi) is 4.29. The zero-order chi connectivity index (χ0) is 10.6. The fraction of sp³-hybridized carbons (Fsp3) is 0.545. The Morgan fingerprint density at radius 2 is 2.43 bits per heavy atom. The Morgan fingerprint density at radius 3 is 2.93 bits per heavy atom. The summed E-state index contributed by atoms with van der Waals surface area (Å²) in [7, 11) is 0. The van der Waals surface area contributed by atoms with Gasteiger partial charge >= 0.3 is 0 Å². The standard InChI is InChI=1S/C11H17NOS/c1-8(4-5-13)9(2)6-11-7-14-10(3)12-11/h6-8,13H,4-5H2,1-3H3/b9-6+/t8-/m0/s1. The maximum atomic E-state index is 8.81. The molecular weight excluding hydrogens is 194 g/mol.